The van der Waals surface area contributed by atoms with Crippen LogP contribution in [-0.2, 0) is 5.41 Å². The maximum atomic E-state index is 6.25. The summed E-state index contributed by atoms with van der Waals surface area (Å²) < 4.78 is 23.2. The van der Waals surface area contributed by atoms with Gasteiger partial charge in [0, 0.05) is 110 Å². The predicted octanol–water partition coefficient (Wildman–Crippen LogP) is 29.8. The van der Waals surface area contributed by atoms with Gasteiger partial charge in [-0.1, -0.05) is 257 Å². The van der Waals surface area contributed by atoms with Crippen LogP contribution in [0.1, 0.15) is 25.0 Å². The average Bonchev–Trinajstić information content (AvgIpc) is 1.55. The lowest BCUT2D eigenvalue weighted by Gasteiger charge is -2.21. The molecule has 0 N–H and O–H groups in total. The summed E-state index contributed by atoms with van der Waals surface area (Å²) in [5.74, 6) is 1.17. The van der Waals surface area contributed by atoms with E-state index in [-0.39, 0.29) is 5.41 Å². The van der Waals surface area contributed by atoms with E-state index in [0.29, 0.717) is 23.0 Å². The monoisotopic (exact) mass is 1660 g/mol. The summed E-state index contributed by atoms with van der Waals surface area (Å²) in [5.41, 5.74) is 32.1. The molecule has 602 valence electrons. The van der Waals surface area contributed by atoms with E-state index in [2.05, 4.69) is 253 Å². The van der Waals surface area contributed by atoms with E-state index in [1.54, 1.807) is 18.6 Å². The molecular formula is C114H72N10O3S. The zero-order chi connectivity index (χ0) is 84.9. The van der Waals surface area contributed by atoms with Crippen molar-refractivity contribution >= 4 is 119 Å². The van der Waals surface area contributed by atoms with Gasteiger partial charge in [0.15, 0.2) is 11.4 Å². The standard InChI is InChI=1S/C41H26N4OS.C39H25N3O.C34H21N3O/c1-41(2)29-14-8-6-12-27(29)35-30(41)19-18-26-25-17-16-24(20-34(25)47-39(26)35)31-21-43-32(22-42-31)40-44-36(23-10-4-3-5-11-23)38-37(45-40)28-13-7-9-15-33(28)46-38;1-2-16-38-32(13-1)33-18-17-30(25-39(33)43-38)28-11-7-9-26(21-28)27-10-8-12-29(22-27)31-23-36(34-14-3-5-19-40-34)42-37(24-31)35-15-4-6-20-41-35;1-2-8-22(9-3-1)25-20-35-34(36-21-25)37-30-12-6-4-10-26(30)28-18-23(14-16-31(28)37)24-15-17-33-29(19-24)27-11-5-7-13-32(27)38-33/h3-22H,1-2H3;1-25H;1-21H. The number of hydrogen-bond acceptors (Lipinski definition) is 13. The van der Waals surface area contributed by atoms with Crippen LogP contribution in [0.4, 0.5) is 0 Å². The molecule has 13 nitrogen and oxygen atoms in total. The molecule has 14 aromatic carbocycles. The number of aromatic nitrogens is 10. The topological polar surface area (TPSA) is 160 Å². The van der Waals surface area contributed by atoms with Crippen LogP contribution < -0.4 is 0 Å². The molecule has 11 aromatic heterocycles. The Kier molecular flexibility index (Phi) is 18.1. The molecule has 0 atom stereocenters. The zero-order valence-electron chi connectivity index (χ0n) is 69.2. The number of hydrogen-bond donors (Lipinski definition) is 0. The summed E-state index contributed by atoms with van der Waals surface area (Å²) in [6.07, 6.45) is 11.0. The second kappa shape index (κ2) is 30.9. The van der Waals surface area contributed by atoms with Crippen molar-refractivity contribution in [2.24, 2.45) is 0 Å². The number of pyridine rings is 3. The molecular weight excluding hydrogens is 1590 g/mol. The second-order valence-electron chi connectivity index (χ2n) is 32.7. The number of furan rings is 3. The summed E-state index contributed by atoms with van der Waals surface area (Å²) in [6, 6.07) is 126. The van der Waals surface area contributed by atoms with Crippen LogP contribution in [0.25, 0.3) is 237 Å². The van der Waals surface area contributed by atoms with Gasteiger partial charge in [-0.05, 0) is 188 Å². The normalized spacial score (nSPS) is 12.2. The lowest BCUT2D eigenvalue weighted by atomic mass is 9.82. The molecule has 0 saturated carbocycles. The highest BCUT2D eigenvalue weighted by atomic mass is 32.1. The Morgan fingerprint density at radius 2 is 0.789 bits per heavy atom. The summed E-state index contributed by atoms with van der Waals surface area (Å²) >= 11 is 1.87. The van der Waals surface area contributed by atoms with Crippen LogP contribution in [0.3, 0.4) is 0 Å². The van der Waals surface area contributed by atoms with Gasteiger partial charge >= 0.3 is 0 Å². The molecule has 0 fully saturated rings. The Bertz CT molecular complexity index is 8610. The molecule has 0 bridgehead atoms. The molecule has 14 heteroatoms. The number of rotatable bonds is 11. The van der Waals surface area contributed by atoms with Crippen molar-refractivity contribution in [3.8, 4) is 130 Å². The highest BCUT2D eigenvalue weighted by Gasteiger charge is 2.37. The third kappa shape index (κ3) is 13.2. The van der Waals surface area contributed by atoms with Crippen LogP contribution in [0.2, 0.25) is 0 Å². The van der Waals surface area contributed by atoms with Gasteiger partial charge in [-0.3, -0.25) is 19.5 Å². The van der Waals surface area contributed by atoms with Crippen molar-refractivity contribution in [1.82, 2.24) is 49.4 Å². The quantitative estimate of drug-likeness (QED) is 0.121. The molecule has 0 unspecified atom stereocenters. The second-order valence-corrected chi connectivity index (χ2v) is 33.8. The van der Waals surface area contributed by atoms with E-state index in [1.807, 2.05) is 169 Å². The van der Waals surface area contributed by atoms with Gasteiger partial charge in [0.1, 0.15) is 44.8 Å². The number of para-hydroxylation sites is 4. The fourth-order valence-corrected chi connectivity index (χ4v) is 19.7. The van der Waals surface area contributed by atoms with E-state index in [1.165, 1.54) is 53.2 Å². The Balaban J connectivity index is 0.000000107. The lowest BCUT2D eigenvalue weighted by Crippen LogP contribution is -2.14. The highest BCUT2D eigenvalue weighted by Crippen LogP contribution is 2.54. The van der Waals surface area contributed by atoms with Gasteiger partial charge in [-0.25, -0.2) is 29.9 Å². The van der Waals surface area contributed by atoms with Crippen molar-refractivity contribution in [3.63, 3.8) is 0 Å². The minimum absolute atomic E-state index is 0.0143. The Morgan fingerprint density at radius 1 is 0.273 bits per heavy atom. The highest BCUT2D eigenvalue weighted by molar-refractivity contribution is 7.26. The molecule has 11 heterocycles. The first-order valence-electron chi connectivity index (χ1n) is 42.6. The van der Waals surface area contributed by atoms with E-state index in [4.69, 9.17) is 48.1 Å². The SMILES string of the molecule is CC1(C)c2ccccc2-c2c1ccc1c2sc2cc(-c3cnc(-c4nc(-c5ccccc5)c5oc6ccccc6c5n4)cn3)ccc21.c1ccc(-c2cc(-c3cccc(-c4cccc(-c5ccc6c(c5)oc5ccccc56)c4)c3)cc(-c3ccccn3)n2)nc1.c1ccc(-c2cnc(-n3c4ccccc4c4cc(-c5ccc6oc7ccccc7c6c5)ccc43)nc2)cc1. The largest absolute Gasteiger partial charge is 0.456 e. The predicted molar refractivity (Wildman–Crippen MR) is 520 cm³/mol. The first-order valence-corrected chi connectivity index (χ1v) is 43.5. The summed E-state index contributed by atoms with van der Waals surface area (Å²) in [7, 11) is 0. The first-order chi connectivity index (χ1) is 63.2. The average molecular weight is 1660 g/mol. The molecule has 1 aliphatic rings. The van der Waals surface area contributed by atoms with Gasteiger partial charge in [0.25, 0.3) is 0 Å². The molecule has 0 aliphatic heterocycles. The van der Waals surface area contributed by atoms with Gasteiger partial charge in [-0.15, -0.1) is 11.3 Å². The number of thiophene rings is 1. The Labute approximate surface area is 738 Å². The number of fused-ring (bicyclic) bond motifs is 19. The van der Waals surface area contributed by atoms with Crippen LogP contribution >= 0.6 is 11.3 Å². The molecule has 25 aromatic rings. The molecule has 128 heavy (non-hydrogen) atoms. The van der Waals surface area contributed by atoms with E-state index < -0.39 is 0 Å². The molecule has 26 rings (SSSR count). The molecule has 0 saturated heterocycles. The van der Waals surface area contributed by atoms with E-state index in [9.17, 15) is 0 Å². The van der Waals surface area contributed by atoms with Gasteiger partial charge < -0.3 is 13.3 Å². The van der Waals surface area contributed by atoms with Crippen molar-refractivity contribution in [3.05, 3.63) is 412 Å². The minimum Gasteiger partial charge on any atom is -0.456 e. The van der Waals surface area contributed by atoms with Gasteiger partial charge in [-0.2, -0.15) is 0 Å². The molecule has 1 aliphatic carbocycles. The summed E-state index contributed by atoms with van der Waals surface area (Å²) in [5, 5.41) is 10.4. The number of benzene rings is 14. The maximum absolute atomic E-state index is 6.25. The van der Waals surface area contributed by atoms with Gasteiger partial charge in [0.2, 0.25) is 5.95 Å². The third-order valence-corrected chi connectivity index (χ3v) is 25.9. The fraction of sp³-hybridized carbons (Fsp3) is 0.0263. The smallest absolute Gasteiger partial charge is 0.234 e. The summed E-state index contributed by atoms with van der Waals surface area (Å²) in [6.45, 7) is 4.67. The zero-order valence-corrected chi connectivity index (χ0v) is 70.0. The molecule has 0 spiro atoms. The van der Waals surface area contributed by atoms with Crippen LogP contribution in [-0.4, -0.2) is 49.4 Å². The maximum Gasteiger partial charge on any atom is 0.234 e. The van der Waals surface area contributed by atoms with E-state index in [0.717, 1.165) is 172 Å². The van der Waals surface area contributed by atoms with Crippen molar-refractivity contribution in [2.45, 2.75) is 19.3 Å². The van der Waals surface area contributed by atoms with Crippen molar-refractivity contribution in [2.75, 3.05) is 0 Å². The first kappa shape index (κ1) is 75.0. The van der Waals surface area contributed by atoms with E-state index >= 15 is 0 Å². The minimum atomic E-state index is -0.0143. The van der Waals surface area contributed by atoms with Crippen molar-refractivity contribution in [1.29, 1.82) is 0 Å². The Hall–Kier alpha value is -16.8. The fourth-order valence-electron chi connectivity index (χ4n) is 18.4. The Morgan fingerprint density at radius 3 is 1.48 bits per heavy atom. The number of nitrogens with zero attached hydrogens (tertiary/aromatic N) is 10. The van der Waals surface area contributed by atoms with Crippen LogP contribution in [0.15, 0.2) is 414 Å². The molecule has 0 radical (unpaired) electrons. The van der Waals surface area contributed by atoms with Crippen molar-refractivity contribution < 1.29 is 13.3 Å². The van der Waals surface area contributed by atoms with Gasteiger partial charge in [0.05, 0.1) is 51.9 Å². The molecule has 0 amide bonds. The third-order valence-electron chi connectivity index (χ3n) is 24.7. The van der Waals surface area contributed by atoms with Crippen LogP contribution in [0.5, 0.6) is 0 Å². The van der Waals surface area contributed by atoms with Crippen LogP contribution in [0, 0.1) is 0 Å². The lowest BCUT2D eigenvalue weighted by molar-refractivity contribution is 0.661. The summed E-state index contributed by atoms with van der Waals surface area (Å²) in [4.78, 5) is 43.2.